The fraction of sp³-hybridized carbons (Fsp3) is 0.414. The molecule has 0 saturated carbocycles. The summed E-state index contributed by atoms with van der Waals surface area (Å²) in [6, 6.07) is 7.76. The highest BCUT2D eigenvalue weighted by Crippen LogP contribution is 2.57. The third kappa shape index (κ3) is 5.71. The number of benzene rings is 2. The van der Waals surface area contributed by atoms with E-state index < -0.39 is 45.6 Å². The van der Waals surface area contributed by atoms with Crippen LogP contribution in [0.4, 0.5) is 17.6 Å². The number of carboxylic acid groups (broad SMARTS) is 1. The molecule has 5 rings (SSSR count). The van der Waals surface area contributed by atoms with E-state index in [0.717, 1.165) is 23.5 Å². The van der Waals surface area contributed by atoms with Crippen LogP contribution in [-0.4, -0.2) is 46.0 Å². The van der Waals surface area contributed by atoms with Crippen molar-refractivity contribution in [2.24, 2.45) is 11.3 Å². The Morgan fingerprint density at radius 3 is 2.55 bits per heavy atom. The maximum atomic E-state index is 16.0. The van der Waals surface area contributed by atoms with E-state index in [-0.39, 0.29) is 39.3 Å². The molecule has 0 bridgehead atoms. The van der Waals surface area contributed by atoms with E-state index in [4.69, 9.17) is 11.6 Å². The lowest BCUT2D eigenvalue weighted by molar-refractivity contribution is -0.147. The zero-order valence-corrected chi connectivity index (χ0v) is 26.6. The molecule has 15 heteroatoms. The van der Waals surface area contributed by atoms with Crippen molar-refractivity contribution in [1.29, 1.82) is 0 Å². The van der Waals surface area contributed by atoms with Gasteiger partial charge in [-0.1, -0.05) is 35.9 Å². The molecule has 1 aliphatic heterocycles. The van der Waals surface area contributed by atoms with E-state index in [9.17, 15) is 32.2 Å². The highest BCUT2D eigenvalue weighted by Gasteiger charge is 2.43. The molecule has 2 aromatic carbocycles. The topological polar surface area (TPSA) is 112 Å². The molecule has 3 heterocycles. The minimum atomic E-state index is -4.67. The maximum absolute atomic E-state index is 16.0. The van der Waals surface area contributed by atoms with Crippen LogP contribution in [0.2, 0.25) is 4.34 Å². The van der Waals surface area contributed by atoms with Crippen molar-refractivity contribution < 1.29 is 36.6 Å². The molecular weight excluding hydrogens is 644 g/mol. The molecule has 0 radical (unpaired) electrons. The van der Waals surface area contributed by atoms with Gasteiger partial charge in [-0.2, -0.15) is 17.5 Å². The van der Waals surface area contributed by atoms with Gasteiger partial charge in [0.15, 0.2) is 5.82 Å². The lowest BCUT2D eigenvalue weighted by atomic mass is 9.73. The standard InChI is InChI=1S/C29H31ClF4N4O4S2/c1-5-38-20-9-8-19(24(31)25(20)35-36-38)23(28(3,4)27(39)40)21-11-17(26(30)43-21)14-37-13-15(2)10-16-6-7-18(29(32,33)34)12-22(16)44(37,41)42/h6-9,11-12,15,23,41-42H,5,10,13-14H2,1-4H3,(H,39,40)/t15-,23+/m0/s1. The van der Waals surface area contributed by atoms with Gasteiger partial charge in [0, 0.05) is 30.4 Å². The first kappa shape index (κ1) is 32.6. The fourth-order valence-electron chi connectivity index (χ4n) is 5.70. The zero-order chi connectivity index (χ0) is 32.4. The normalized spacial score (nSPS) is 19.0. The smallest absolute Gasteiger partial charge is 0.416 e. The summed E-state index contributed by atoms with van der Waals surface area (Å²) in [5.41, 5.74) is -1.15. The largest absolute Gasteiger partial charge is 0.481 e. The minimum Gasteiger partial charge on any atom is -0.481 e. The molecule has 0 spiro atoms. The average Bonchev–Trinajstić information content (AvgIpc) is 3.49. The number of hydrogen-bond acceptors (Lipinski definition) is 7. The predicted molar refractivity (Wildman–Crippen MR) is 162 cm³/mol. The highest BCUT2D eigenvalue weighted by atomic mass is 35.5. The minimum absolute atomic E-state index is 0.00260. The number of aryl methyl sites for hydroxylation is 1. The molecule has 0 fully saturated rings. The third-order valence-electron chi connectivity index (χ3n) is 8.08. The Kier molecular flexibility index (Phi) is 8.57. The fourth-order valence-corrected chi connectivity index (χ4v) is 9.14. The Balaban J connectivity index is 1.57. The van der Waals surface area contributed by atoms with Crippen LogP contribution in [0, 0.1) is 17.2 Å². The number of aromatic nitrogens is 3. The second-order valence-electron chi connectivity index (χ2n) is 11.6. The van der Waals surface area contributed by atoms with Gasteiger partial charge in [-0.3, -0.25) is 13.9 Å². The summed E-state index contributed by atoms with van der Waals surface area (Å²) in [4.78, 5) is 12.7. The maximum Gasteiger partial charge on any atom is 0.416 e. The number of thiophene rings is 1. The number of nitrogens with zero attached hydrogens (tertiary/aromatic N) is 4. The molecule has 0 unspecified atom stereocenters. The van der Waals surface area contributed by atoms with Gasteiger partial charge in [0.2, 0.25) is 0 Å². The first-order chi connectivity index (χ1) is 20.5. The van der Waals surface area contributed by atoms with E-state index in [1.165, 1.54) is 35.0 Å². The van der Waals surface area contributed by atoms with Crippen molar-refractivity contribution in [3.63, 3.8) is 0 Å². The van der Waals surface area contributed by atoms with Crippen molar-refractivity contribution >= 4 is 50.7 Å². The number of hydrogen-bond donors (Lipinski definition) is 3. The first-order valence-electron chi connectivity index (χ1n) is 13.7. The van der Waals surface area contributed by atoms with Crippen LogP contribution in [-0.2, 0) is 30.5 Å². The average molecular weight is 675 g/mol. The Labute approximate surface area is 261 Å². The number of fused-ring (bicyclic) bond motifs is 2. The van der Waals surface area contributed by atoms with E-state index in [1.54, 1.807) is 12.1 Å². The number of halogens is 5. The van der Waals surface area contributed by atoms with Crippen molar-refractivity contribution in [3.8, 4) is 0 Å². The highest BCUT2D eigenvalue weighted by molar-refractivity contribution is 8.22. The second-order valence-corrected chi connectivity index (χ2v) is 15.3. The molecule has 2 aromatic heterocycles. The lowest BCUT2D eigenvalue weighted by Gasteiger charge is -2.43. The van der Waals surface area contributed by atoms with Crippen molar-refractivity contribution in [3.05, 3.63) is 73.7 Å². The lowest BCUT2D eigenvalue weighted by Crippen LogP contribution is -2.32. The molecule has 4 aromatic rings. The SMILES string of the molecule is CCn1nnc2c(F)c([C@H](c3cc(CN4C[C@@H](C)Cc5ccc(C(F)(F)F)cc5S4(O)O)c(Cl)s3)C(C)(C)C(=O)O)ccc21. The summed E-state index contributed by atoms with van der Waals surface area (Å²) in [7, 11) is -3.88. The summed E-state index contributed by atoms with van der Waals surface area (Å²) in [5.74, 6) is -3.06. The Hall–Kier alpha value is -2.75. The summed E-state index contributed by atoms with van der Waals surface area (Å²) >= 11 is 7.70. The van der Waals surface area contributed by atoms with Crippen LogP contribution < -0.4 is 0 Å². The molecular formula is C29H31ClF4N4O4S2. The molecule has 0 amide bonds. The summed E-state index contributed by atoms with van der Waals surface area (Å²) in [6.07, 6.45) is -4.34. The molecule has 0 aliphatic carbocycles. The van der Waals surface area contributed by atoms with Gasteiger partial charge in [0.25, 0.3) is 0 Å². The van der Waals surface area contributed by atoms with Gasteiger partial charge in [0.1, 0.15) is 5.52 Å². The van der Waals surface area contributed by atoms with Crippen LogP contribution in [0.5, 0.6) is 0 Å². The van der Waals surface area contributed by atoms with Crippen molar-refractivity contribution in [2.75, 3.05) is 6.54 Å². The van der Waals surface area contributed by atoms with E-state index in [1.807, 2.05) is 13.8 Å². The van der Waals surface area contributed by atoms with Crippen molar-refractivity contribution in [1.82, 2.24) is 19.3 Å². The van der Waals surface area contributed by atoms with Crippen molar-refractivity contribution in [2.45, 2.75) is 64.2 Å². The Morgan fingerprint density at radius 1 is 1.20 bits per heavy atom. The van der Waals surface area contributed by atoms with Gasteiger partial charge in [-0.25, -0.2) is 9.07 Å². The van der Waals surface area contributed by atoms with Crippen LogP contribution >= 0.6 is 33.7 Å². The van der Waals surface area contributed by atoms with Crippen LogP contribution in [0.3, 0.4) is 0 Å². The summed E-state index contributed by atoms with van der Waals surface area (Å²) < 4.78 is 82.4. The molecule has 1 aliphatic rings. The summed E-state index contributed by atoms with van der Waals surface area (Å²) in [5, 5.41) is 18.1. The molecule has 2 atom stereocenters. The molecule has 8 nitrogen and oxygen atoms in total. The third-order valence-corrected chi connectivity index (χ3v) is 11.6. The van der Waals surface area contributed by atoms with Gasteiger partial charge >= 0.3 is 12.1 Å². The number of rotatable bonds is 7. The molecule has 44 heavy (non-hydrogen) atoms. The van der Waals surface area contributed by atoms with Gasteiger partial charge in [0.05, 0.1) is 25.7 Å². The zero-order valence-electron chi connectivity index (χ0n) is 24.2. The van der Waals surface area contributed by atoms with E-state index >= 15 is 4.39 Å². The number of aliphatic carboxylic acids is 1. The van der Waals surface area contributed by atoms with Gasteiger partial charge < -0.3 is 5.11 Å². The predicted octanol–water partition coefficient (Wildman–Crippen LogP) is 8.29. The number of alkyl halides is 3. The van der Waals surface area contributed by atoms with Crippen LogP contribution in [0.25, 0.3) is 11.0 Å². The Morgan fingerprint density at radius 2 is 1.91 bits per heavy atom. The van der Waals surface area contributed by atoms with Gasteiger partial charge in [-0.05, 0) is 74.1 Å². The van der Waals surface area contributed by atoms with Crippen LogP contribution in [0.1, 0.15) is 60.7 Å². The first-order valence-corrected chi connectivity index (χ1v) is 16.4. The monoisotopic (exact) mass is 674 g/mol. The number of carbonyl (C=O) groups is 1. The van der Waals surface area contributed by atoms with Gasteiger partial charge in [-0.15, -0.1) is 27.2 Å². The van der Waals surface area contributed by atoms with Crippen LogP contribution in [0.15, 0.2) is 41.3 Å². The Bertz CT molecular complexity index is 1740. The molecule has 0 saturated heterocycles. The second kappa shape index (κ2) is 11.6. The molecule has 238 valence electrons. The van der Waals surface area contributed by atoms with E-state index in [2.05, 4.69) is 10.3 Å². The quantitative estimate of drug-likeness (QED) is 0.169. The van der Waals surface area contributed by atoms with E-state index in [0.29, 0.717) is 34.5 Å². The number of carboxylic acids is 1. The molecule has 3 N–H and O–H groups in total. The summed E-state index contributed by atoms with van der Waals surface area (Å²) in [6.45, 7) is 7.09.